The zero-order valence-corrected chi connectivity index (χ0v) is 9.94. The van der Waals surface area contributed by atoms with Crippen LogP contribution < -0.4 is 5.32 Å². The summed E-state index contributed by atoms with van der Waals surface area (Å²) in [5, 5.41) is 2.85. The normalized spacial score (nSPS) is 10.4. The number of unbranched alkanes of at least 4 members (excludes halogenated alkanes) is 1. The number of carbonyl (C=O) groups excluding carboxylic acids is 1. The molecule has 16 heavy (non-hydrogen) atoms. The van der Waals surface area contributed by atoms with Gasteiger partial charge in [0.15, 0.2) is 0 Å². The molecule has 0 aromatic carbocycles. The number of pyridine rings is 1. The average molecular weight is 221 g/mol. The first-order chi connectivity index (χ1) is 7.70. The maximum atomic E-state index is 11.6. The van der Waals surface area contributed by atoms with Crippen LogP contribution in [0, 0.1) is 0 Å². The Labute approximate surface area is 96.7 Å². The molecule has 4 heteroatoms. The van der Waals surface area contributed by atoms with Crippen molar-refractivity contribution >= 4 is 5.91 Å². The monoisotopic (exact) mass is 221 g/mol. The smallest absolute Gasteiger partial charge is 0.269 e. The molecular weight excluding hydrogens is 202 g/mol. The first kappa shape index (κ1) is 12.6. The highest BCUT2D eigenvalue weighted by Gasteiger charge is 2.04. The highest BCUT2D eigenvalue weighted by Crippen LogP contribution is 1.94. The number of hydrogen-bond acceptors (Lipinski definition) is 3. The molecule has 0 aliphatic heterocycles. The minimum atomic E-state index is -0.0922. The fourth-order valence-corrected chi connectivity index (χ4v) is 1.34. The highest BCUT2D eigenvalue weighted by molar-refractivity contribution is 5.92. The maximum Gasteiger partial charge on any atom is 0.269 e. The third kappa shape index (κ3) is 4.89. The summed E-state index contributed by atoms with van der Waals surface area (Å²) in [5.74, 6) is -0.0922. The summed E-state index contributed by atoms with van der Waals surface area (Å²) in [6.45, 7) is 1.77. The fourth-order valence-electron chi connectivity index (χ4n) is 1.34. The van der Waals surface area contributed by atoms with Crippen LogP contribution in [0.4, 0.5) is 0 Å². The lowest BCUT2D eigenvalue weighted by atomic mass is 10.3. The maximum absolute atomic E-state index is 11.6. The zero-order valence-electron chi connectivity index (χ0n) is 9.94. The van der Waals surface area contributed by atoms with Crippen LogP contribution in [-0.2, 0) is 0 Å². The summed E-state index contributed by atoms with van der Waals surface area (Å²) in [6, 6.07) is 5.33. The van der Waals surface area contributed by atoms with Crippen molar-refractivity contribution in [2.24, 2.45) is 0 Å². The molecule has 0 atom stereocenters. The number of rotatable bonds is 6. The van der Waals surface area contributed by atoms with E-state index in [1.54, 1.807) is 18.3 Å². The number of nitrogens with zero attached hydrogens (tertiary/aromatic N) is 2. The molecule has 0 unspecified atom stereocenters. The van der Waals surface area contributed by atoms with Gasteiger partial charge in [-0.25, -0.2) is 0 Å². The molecule has 0 saturated carbocycles. The van der Waals surface area contributed by atoms with E-state index in [4.69, 9.17) is 0 Å². The van der Waals surface area contributed by atoms with Gasteiger partial charge >= 0.3 is 0 Å². The molecule has 0 aliphatic rings. The highest BCUT2D eigenvalue weighted by atomic mass is 16.1. The van der Waals surface area contributed by atoms with E-state index in [9.17, 15) is 4.79 Å². The second kappa shape index (κ2) is 6.95. The third-order valence-corrected chi connectivity index (χ3v) is 2.22. The van der Waals surface area contributed by atoms with Gasteiger partial charge in [-0.15, -0.1) is 0 Å². The van der Waals surface area contributed by atoms with E-state index in [1.807, 2.05) is 20.2 Å². The van der Waals surface area contributed by atoms with E-state index in [2.05, 4.69) is 15.2 Å². The SMILES string of the molecule is CN(C)CCCCNC(=O)c1ccccn1. The molecule has 0 radical (unpaired) electrons. The van der Waals surface area contributed by atoms with E-state index in [-0.39, 0.29) is 5.91 Å². The first-order valence-corrected chi connectivity index (χ1v) is 5.54. The molecular formula is C12H19N3O. The average Bonchev–Trinajstić information content (AvgIpc) is 2.29. The van der Waals surface area contributed by atoms with Crippen LogP contribution in [0.25, 0.3) is 0 Å². The number of aromatic nitrogens is 1. The third-order valence-electron chi connectivity index (χ3n) is 2.22. The van der Waals surface area contributed by atoms with Gasteiger partial charge in [-0.2, -0.15) is 0 Å². The van der Waals surface area contributed by atoms with Crippen LogP contribution in [0.1, 0.15) is 23.3 Å². The number of carbonyl (C=O) groups is 1. The molecule has 0 fully saturated rings. The summed E-state index contributed by atoms with van der Waals surface area (Å²) in [6.07, 6.45) is 3.72. The van der Waals surface area contributed by atoms with Crippen molar-refractivity contribution in [2.75, 3.05) is 27.2 Å². The molecule has 0 spiro atoms. The number of hydrogen-bond donors (Lipinski definition) is 1. The van der Waals surface area contributed by atoms with Crippen LogP contribution in [0.5, 0.6) is 0 Å². The molecule has 0 saturated heterocycles. The topological polar surface area (TPSA) is 45.2 Å². The zero-order chi connectivity index (χ0) is 11.8. The molecule has 0 aliphatic carbocycles. The standard InChI is InChI=1S/C12H19N3O/c1-15(2)10-6-5-9-14-12(16)11-7-3-4-8-13-11/h3-4,7-8H,5-6,9-10H2,1-2H3,(H,14,16). The van der Waals surface area contributed by atoms with E-state index in [1.165, 1.54) is 0 Å². The van der Waals surface area contributed by atoms with Gasteiger partial charge in [-0.3, -0.25) is 9.78 Å². The minimum Gasteiger partial charge on any atom is -0.351 e. The van der Waals surface area contributed by atoms with Crippen molar-refractivity contribution in [3.05, 3.63) is 30.1 Å². The van der Waals surface area contributed by atoms with Gasteiger partial charge in [0.2, 0.25) is 0 Å². The van der Waals surface area contributed by atoms with E-state index < -0.39 is 0 Å². The summed E-state index contributed by atoms with van der Waals surface area (Å²) >= 11 is 0. The van der Waals surface area contributed by atoms with Crippen molar-refractivity contribution in [3.63, 3.8) is 0 Å². The molecule has 1 amide bonds. The lowest BCUT2D eigenvalue weighted by Crippen LogP contribution is -2.26. The van der Waals surface area contributed by atoms with Crippen LogP contribution in [0.2, 0.25) is 0 Å². The number of amides is 1. The van der Waals surface area contributed by atoms with E-state index in [0.717, 1.165) is 19.4 Å². The van der Waals surface area contributed by atoms with Gasteiger partial charge < -0.3 is 10.2 Å². The summed E-state index contributed by atoms with van der Waals surface area (Å²) in [4.78, 5) is 17.7. The Balaban J connectivity index is 2.16. The van der Waals surface area contributed by atoms with Crippen LogP contribution >= 0.6 is 0 Å². The van der Waals surface area contributed by atoms with Crippen molar-refractivity contribution in [1.82, 2.24) is 15.2 Å². The molecule has 0 bridgehead atoms. The summed E-state index contributed by atoms with van der Waals surface area (Å²) in [7, 11) is 4.10. The lowest BCUT2D eigenvalue weighted by molar-refractivity contribution is 0.0948. The molecule has 1 aromatic heterocycles. The van der Waals surface area contributed by atoms with Gasteiger partial charge in [0.1, 0.15) is 5.69 Å². The van der Waals surface area contributed by atoms with E-state index >= 15 is 0 Å². The molecule has 4 nitrogen and oxygen atoms in total. The van der Waals surface area contributed by atoms with Crippen LogP contribution in [-0.4, -0.2) is 43.0 Å². The Morgan fingerprint density at radius 1 is 1.38 bits per heavy atom. The van der Waals surface area contributed by atoms with Gasteiger partial charge in [0, 0.05) is 12.7 Å². The summed E-state index contributed by atoms with van der Waals surface area (Å²) in [5.41, 5.74) is 0.482. The fraction of sp³-hybridized carbons (Fsp3) is 0.500. The van der Waals surface area contributed by atoms with Gasteiger partial charge in [-0.1, -0.05) is 6.07 Å². The Morgan fingerprint density at radius 2 is 2.19 bits per heavy atom. The van der Waals surface area contributed by atoms with Crippen molar-refractivity contribution in [1.29, 1.82) is 0 Å². The molecule has 1 heterocycles. The predicted octanol–water partition coefficient (Wildman–Crippen LogP) is 1.15. The Bertz CT molecular complexity index is 311. The second-order valence-corrected chi connectivity index (χ2v) is 3.98. The Morgan fingerprint density at radius 3 is 2.81 bits per heavy atom. The van der Waals surface area contributed by atoms with Gasteiger partial charge in [0.25, 0.3) is 5.91 Å². The molecule has 88 valence electrons. The number of nitrogens with one attached hydrogen (secondary N) is 1. The van der Waals surface area contributed by atoms with Crippen molar-refractivity contribution < 1.29 is 4.79 Å². The molecule has 1 aromatic rings. The molecule has 1 N–H and O–H groups in total. The van der Waals surface area contributed by atoms with Crippen LogP contribution in [0.3, 0.4) is 0 Å². The van der Waals surface area contributed by atoms with Crippen molar-refractivity contribution in [3.8, 4) is 0 Å². The predicted molar refractivity (Wildman–Crippen MR) is 64.4 cm³/mol. The van der Waals surface area contributed by atoms with Gasteiger partial charge in [-0.05, 0) is 45.6 Å². The first-order valence-electron chi connectivity index (χ1n) is 5.54. The molecule has 1 rings (SSSR count). The Kier molecular flexibility index (Phi) is 5.50. The summed E-state index contributed by atoms with van der Waals surface area (Å²) < 4.78 is 0. The van der Waals surface area contributed by atoms with Gasteiger partial charge in [0.05, 0.1) is 0 Å². The lowest BCUT2D eigenvalue weighted by Gasteiger charge is -2.09. The van der Waals surface area contributed by atoms with Crippen molar-refractivity contribution in [2.45, 2.75) is 12.8 Å². The van der Waals surface area contributed by atoms with E-state index in [0.29, 0.717) is 12.2 Å². The minimum absolute atomic E-state index is 0.0922. The van der Waals surface area contributed by atoms with Crippen LogP contribution in [0.15, 0.2) is 24.4 Å². The quantitative estimate of drug-likeness (QED) is 0.733. The largest absolute Gasteiger partial charge is 0.351 e. The Hall–Kier alpha value is -1.42. The second-order valence-electron chi connectivity index (χ2n) is 3.98.